The topological polar surface area (TPSA) is 22.8 Å². The summed E-state index contributed by atoms with van der Waals surface area (Å²) in [6.07, 6.45) is 0.376. The molecule has 3 nitrogen and oxygen atoms in total. The van der Waals surface area contributed by atoms with Crippen LogP contribution in [0.4, 0.5) is 4.39 Å². The van der Waals surface area contributed by atoms with Crippen molar-refractivity contribution < 1.29 is 4.39 Å². The predicted molar refractivity (Wildman–Crippen MR) is 113 cm³/mol. The minimum Gasteiger partial charge on any atom is -0.308 e. The molecule has 2 aromatic heterocycles. The number of alkyl halides is 1. The smallest absolute Gasteiger partial charge is 0.150 e. The average Bonchev–Trinajstić information content (AvgIpc) is 3.19. The van der Waals surface area contributed by atoms with Crippen LogP contribution in [0.15, 0.2) is 54.6 Å². The van der Waals surface area contributed by atoms with Crippen LogP contribution in [0.5, 0.6) is 0 Å². The van der Waals surface area contributed by atoms with Crippen molar-refractivity contribution in [3.63, 3.8) is 0 Å². The van der Waals surface area contributed by atoms with Crippen molar-refractivity contribution in [2.45, 2.75) is 46.7 Å². The molecule has 28 heavy (non-hydrogen) atoms. The van der Waals surface area contributed by atoms with Crippen molar-refractivity contribution in [2.75, 3.05) is 0 Å². The molecule has 0 N–H and O–H groups in total. The van der Waals surface area contributed by atoms with E-state index in [2.05, 4.69) is 35.8 Å². The minimum absolute atomic E-state index is 0.376. The van der Waals surface area contributed by atoms with Gasteiger partial charge in [0.2, 0.25) is 0 Å². The summed E-state index contributed by atoms with van der Waals surface area (Å²) in [4.78, 5) is 0. The summed E-state index contributed by atoms with van der Waals surface area (Å²) in [6, 6.07) is 18.3. The monoisotopic (exact) mass is 375 g/mol. The van der Waals surface area contributed by atoms with Gasteiger partial charge >= 0.3 is 0 Å². The van der Waals surface area contributed by atoms with Crippen molar-refractivity contribution in [3.8, 4) is 11.4 Å². The third-order valence-electron chi connectivity index (χ3n) is 5.58. The van der Waals surface area contributed by atoms with E-state index in [-0.39, 0.29) is 0 Å². The molecule has 0 spiro atoms. The Hall–Kier alpha value is -2.88. The number of fused-ring (bicyclic) bond motifs is 1. The van der Waals surface area contributed by atoms with Gasteiger partial charge in [-0.2, -0.15) is 5.10 Å². The molecular formula is C24H26FN3. The average molecular weight is 375 g/mol. The normalized spacial score (nSPS) is 13.8. The molecule has 4 rings (SSSR count). The largest absolute Gasteiger partial charge is 0.308 e. The van der Waals surface area contributed by atoms with Gasteiger partial charge < -0.3 is 4.57 Å². The van der Waals surface area contributed by atoms with Gasteiger partial charge in [-0.15, -0.1) is 0 Å². The molecule has 0 saturated heterocycles. The predicted octanol–water partition coefficient (Wildman–Crippen LogP) is 6.34. The Labute approximate surface area is 165 Å². The van der Waals surface area contributed by atoms with Gasteiger partial charge in [-0.25, -0.2) is 9.07 Å². The van der Waals surface area contributed by atoms with Gasteiger partial charge in [0.15, 0.2) is 0 Å². The van der Waals surface area contributed by atoms with Crippen LogP contribution in [0.25, 0.3) is 22.3 Å². The Bertz CT molecular complexity index is 1160. The van der Waals surface area contributed by atoms with Gasteiger partial charge in [-0.05, 0) is 57.9 Å². The lowest BCUT2D eigenvalue weighted by Crippen LogP contribution is -2.22. The molecule has 2 heterocycles. The maximum Gasteiger partial charge on any atom is 0.150 e. The van der Waals surface area contributed by atoms with Crippen LogP contribution < -0.4 is 0 Å². The highest BCUT2D eigenvalue weighted by Crippen LogP contribution is 2.42. The van der Waals surface area contributed by atoms with Gasteiger partial charge in [0.25, 0.3) is 0 Å². The van der Waals surface area contributed by atoms with Crippen molar-refractivity contribution >= 4 is 10.9 Å². The Kier molecular flexibility index (Phi) is 4.37. The Balaban J connectivity index is 2.23. The highest BCUT2D eigenvalue weighted by Gasteiger charge is 2.35. The van der Waals surface area contributed by atoms with E-state index in [0.717, 1.165) is 39.2 Å². The number of benzene rings is 2. The van der Waals surface area contributed by atoms with Crippen LogP contribution in [-0.2, 0) is 5.67 Å². The summed E-state index contributed by atoms with van der Waals surface area (Å²) in [6.45, 7) is 9.62. The molecule has 4 heteroatoms. The standard InChI is InChI=1S/C24H26FN3/c1-6-24(5,25)23-22(28-18(4)15-17(3)26-28)19-12-8-10-14-21(19)27(23)20-13-9-7-11-16(20)2/h7-15H,6H2,1-5H3. The highest BCUT2D eigenvalue weighted by atomic mass is 19.1. The Morgan fingerprint density at radius 2 is 1.68 bits per heavy atom. The van der Waals surface area contributed by atoms with E-state index in [1.807, 2.05) is 55.8 Å². The van der Waals surface area contributed by atoms with Gasteiger partial charge in [0, 0.05) is 16.8 Å². The number of aromatic nitrogens is 3. The van der Waals surface area contributed by atoms with Crippen LogP contribution in [-0.4, -0.2) is 14.3 Å². The van der Waals surface area contributed by atoms with Crippen LogP contribution in [0.1, 0.15) is 42.9 Å². The van der Waals surface area contributed by atoms with Crippen LogP contribution >= 0.6 is 0 Å². The van der Waals surface area contributed by atoms with E-state index >= 15 is 4.39 Å². The number of rotatable bonds is 4. The fourth-order valence-corrected chi connectivity index (χ4v) is 4.00. The third kappa shape index (κ3) is 2.75. The molecule has 1 unspecified atom stereocenters. The van der Waals surface area contributed by atoms with Crippen molar-refractivity contribution in [1.29, 1.82) is 0 Å². The molecule has 0 bridgehead atoms. The quantitative estimate of drug-likeness (QED) is 0.408. The van der Waals surface area contributed by atoms with Crippen LogP contribution in [0, 0.1) is 20.8 Å². The maximum atomic E-state index is 16.1. The summed E-state index contributed by atoms with van der Waals surface area (Å²) in [5, 5.41) is 5.71. The van der Waals surface area contributed by atoms with Crippen molar-refractivity contribution in [3.05, 3.63) is 77.2 Å². The van der Waals surface area contributed by atoms with Gasteiger partial charge in [-0.3, -0.25) is 0 Å². The fourth-order valence-electron chi connectivity index (χ4n) is 4.00. The molecule has 1 atom stereocenters. The van der Waals surface area contributed by atoms with Gasteiger partial charge in [0.05, 0.1) is 22.6 Å². The molecule has 0 saturated carbocycles. The molecule has 0 radical (unpaired) electrons. The zero-order valence-electron chi connectivity index (χ0n) is 17.1. The molecule has 4 aromatic rings. The first-order valence-corrected chi connectivity index (χ1v) is 9.77. The van der Waals surface area contributed by atoms with Crippen molar-refractivity contribution in [1.82, 2.24) is 14.3 Å². The highest BCUT2D eigenvalue weighted by molar-refractivity contribution is 5.93. The number of hydrogen-bond donors (Lipinski definition) is 0. The van der Waals surface area contributed by atoms with E-state index < -0.39 is 5.67 Å². The summed E-state index contributed by atoms with van der Waals surface area (Å²) in [7, 11) is 0. The summed E-state index contributed by atoms with van der Waals surface area (Å²) < 4.78 is 20.1. The first-order valence-electron chi connectivity index (χ1n) is 9.77. The van der Waals surface area contributed by atoms with E-state index in [1.165, 1.54) is 0 Å². The fraction of sp³-hybridized carbons (Fsp3) is 0.292. The minimum atomic E-state index is -1.51. The number of para-hydroxylation sites is 2. The van der Waals surface area contributed by atoms with Gasteiger partial charge in [0.1, 0.15) is 5.67 Å². The first-order chi connectivity index (χ1) is 13.3. The first kappa shape index (κ1) is 18.5. The van der Waals surface area contributed by atoms with E-state index in [9.17, 15) is 0 Å². The van der Waals surface area contributed by atoms with Gasteiger partial charge in [-0.1, -0.05) is 43.3 Å². The number of nitrogens with zero attached hydrogens (tertiary/aromatic N) is 3. The number of hydrogen-bond acceptors (Lipinski definition) is 1. The second-order valence-corrected chi connectivity index (χ2v) is 7.73. The van der Waals surface area contributed by atoms with Crippen molar-refractivity contribution in [2.24, 2.45) is 0 Å². The van der Waals surface area contributed by atoms with E-state index in [4.69, 9.17) is 5.10 Å². The zero-order valence-corrected chi connectivity index (χ0v) is 17.1. The molecule has 0 aliphatic heterocycles. The second-order valence-electron chi connectivity index (χ2n) is 7.73. The SMILES string of the molecule is CCC(C)(F)c1c(-n2nc(C)cc2C)c2ccccc2n1-c1ccccc1C. The lowest BCUT2D eigenvalue weighted by Gasteiger charge is -2.24. The summed E-state index contributed by atoms with van der Waals surface area (Å²) >= 11 is 0. The van der Waals surface area contributed by atoms with Crippen LogP contribution in [0.2, 0.25) is 0 Å². The molecule has 0 aliphatic rings. The molecule has 0 aliphatic carbocycles. The zero-order chi connectivity index (χ0) is 20.1. The van der Waals surface area contributed by atoms with E-state index in [0.29, 0.717) is 12.1 Å². The Morgan fingerprint density at radius 3 is 2.32 bits per heavy atom. The summed E-state index contributed by atoms with van der Waals surface area (Å²) in [5.41, 5.74) is 4.99. The van der Waals surface area contributed by atoms with Crippen LogP contribution in [0.3, 0.4) is 0 Å². The molecule has 144 valence electrons. The number of halogens is 1. The lowest BCUT2D eigenvalue weighted by molar-refractivity contribution is 0.176. The molecular weight excluding hydrogens is 349 g/mol. The maximum absolute atomic E-state index is 16.1. The lowest BCUT2D eigenvalue weighted by atomic mass is 9.98. The molecule has 0 amide bonds. The Morgan fingerprint density at radius 1 is 1.00 bits per heavy atom. The second kappa shape index (κ2) is 6.62. The number of aryl methyl sites for hydroxylation is 3. The van der Waals surface area contributed by atoms with E-state index in [1.54, 1.807) is 6.92 Å². The molecule has 0 fully saturated rings. The molecule has 2 aromatic carbocycles. The third-order valence-corrected chi connectivity index (χ3v) is 5.58. The summed E-state index contributed by atoms with van der Waals surface area (Å²) in [5.74, 6) is 0.